The lowest BCUT2D eigenvalue weighted by Gasteiger charge is -2.31. The third kappa shape index (κ3) is 37.6. The molecule has 56 heavy (non-hydrogen) atoms. The number of quaternary nitrogens is 1. The van der Waals surface area contributed by atoms with Crippen LogP contribution >= 0.6 is 0 Å². The molecule has 8 heteroatoms. The van der Waals surface area contributed by atoms with E-state index in [0.29, 0.717) is 19.3 Å². The molecule has 0 rings (SSSR count). The Morgan fingerprint density at radius 3 is 1.30 bits per heavy atom. The number of rotatable bonds is 43. The molecule has 8 nitrogen and oxygen atoms in total. The molecule has 0 aromatic carbocycles. The van der Waals surface area contributed by atoms with E-state index in [-0.39, 0.29) is 36.2 Å². The lowest BCUT2D eigenvalue weighted by Crippen LogP contribution is -2.50. The zero-order chi connectivity index (χ0) is 41.4. The van der Waals surface area contributed by atoms with E-state index in [1.54, 1.807) is 0 Å². The smallest absolute Gasteiger partial charge is 0.362 e. The van der Waals surface area contributed by atoms with Gasteiger partial charge in [-0.2, -0.15) is 0 Å². The molecule has 0 bridgehead atoms. The van der Waals surface area contributed by atoms with E-state index in [2.05, 4.69) is 26.0 Å². The van der Waals surface area contributed by atoms with Crippen molar-refractivity contribution in [2.24, 2.45) is 0 Å². The van der Waals surface area contributed by atoms with Crippen LogP contribution in [0.1, 0.15) is 226 Å². The van der Waals surface area contributed by atoms with Crippen LogP contribution in [0, 0.1) is 0 Å². The Morgan fingerprint density at radius 1 is 0.518 bits per heavy atom. The molecule has 2 unspecified atom stereocenters. The van der Waals surface area contributed by atoms with Crippen LogP contribution in [0.2, 0.25) is 0 Å². The van der Waals surface area contributed by atoms with Crippen molar-refractivity contribution in [1.29, 1.82) is 0 Å². The predicted octanol–water partition coefficient (Wildman–Crippen LogP) is 13.1. The number of carboxylic acid groups (broad SMARTS) is 1. The van der Waals surface area contributed by atoms with Gasteiger partial charge in [0.25, 0.3) is 0 Å². The topological polar surface area (TPSA) is 99.1 Å². The summed E-state index contributed by atoms with van der Waals surface area (Å²) in [6.45, 7) is 4.75. The molecule has 0 aliphatic heterocycles. The third-order valence-corrected chi connectivity index (χ3v) is 10.9. The Kier molecular flexibility index (Phi) is 38.5. The number of carbonyl (C=O) groups excluding carboxylic acids is 2. The molecule has 2 atom stereocenters. The van der Waals surface area contributed by atoms with Crippen molar-refractivity contribution < 1.29 is 38.2 Å². The Labute approximate surface area is 346 Å². The second-order valence-corrected chi connectivity index (χ2v) is 17.4. The maximum absolute atomic E-state index is 12.7. The fourth-order valence-corrected chi connectivity index (χ4v) is 7.21. The number of aliphatic carboxylic acids is 1. The van der Waals surface area contributed by atoms with Gasteiger partial charge in [-0.3, -0.25) is 9.59 Å². The third-order valence-electron chi connectivity index (χ3n) is 10.9. The molecule has 0 saturated heterocycles. The first-order chi connectivity index (χ1) is 27.1. The molecule has 0 radical (unpaired) electrons. The highest BCUT2D eigenvalue weighted by Crippen LogP contribution is 2.16. The number of esters is 2. The summed E-state index contributed by atoms with van der Waals surface area (Å²) >= 11 is 0. The molecule has 0 amide bonds. The number of unbranched alkanes of at least 4 members (excludes halogenated alkanes) is 27. The summed E-state index contributed by atoms with van der Waals surface area (Å²) in [5.74, 6) is -1.47. The normalized spacial score (nSPS) is 12.9. The number of ether oxygens (including phenoxy) is 3. The van der Waals surface area contributed by atoms with Crippen LogP contribution in [0.25, 0.3) is 0 Å². The van der Waals surface area contributed by atoms with Gasteiger partial charge < -0.3 is 23.8 Å². The molecule has 0 aliphatic rings. The van der Waals surface area contributed by atoms with E-state index in [1.807, 2.05) is 21.1 Å². The van der Waals surface area contributed by atoms with Crippen molar-refractivity contribution in [3.05, 3.63) is 12.2 Å². The van der Waals surface area contributed by atoms with E-state index < -0.39 is 18.1 Å². The molecular formula is C48H92NO7+. The van der Waals surface area contributed by atoms with Crippen molar-refractivity contribution in [3.63, 3.8) is 0 Å². The van der Waals surface area contributed by atoms with E-state index >= 15 is 0 Å². The van der Waals surface area contributed by atoms with E-state index in [9.17, 15) is 19.5 Å². The summed E-state index contributed by atoms with van der Waals surface area (Å²) < 4.78 is 17.3. The zero-order valence-electron chi connectivity index (χ0n) is 37.6. The number of allylic oxidation sites excluding steroid dienone is 2. The van der Waals surface area contributed by atoms with Gasteiger partial charge in [0.15, 0.2) is 12.1 Å². The minimum Gasteiger partial charge on any atom is -0.477 e. The van der Waals surface area contributed by atoms with Gasteiger partial charge in [0.1, 0.15) is 6.61 Å². The van der Waals surface area contributed by atoms with E-state index in [0.717, 1.165) is 51.4 Å². The van der Waals surface area contributed by atoms with Crippen LogP contribution in [-0.2, 0) is 28.6 Å². The van der Waals surface area contributed by atoms with Crippen LogP contribution in [0.5, 0.6) is 0 Å². The maximum atomic E-state index is 12.7. The Morgan fingerprint density at radius 2 is 0.893 bits per heavy atom. The summed E-state index contributed by atoms with van der Waals surface area (Å²) in [4.78, 5) is 37.0. The van der Waals surface area contributed by atoms with E-state index in [4.69, 9.17) is 14.2 Å². The standard InChI is InChI=1S/C48H91NO7/c1-6-8-10-12-14-16-18-20-22-23-24-25-27-29-31-33-35-37-39-47(51)56-44(42-54-41-40-45(48(52)53)49(3,4)5)43-55-46(50)38-36-34-32-30-28-26-21-19-17-15-13-11-9-7-2/h26,28,44-45H,6-25,27,29-43H2,1-5H3/p+1/b28-26+. The van der Waals surface area contributed by atoms with Crippen LogP contribution in [0.3, 0.4) is 0 Å². The van der Waals surface area contributed by atoms with Crippen molar-refractivity contribution in [2.45, 2.75) is 238 Å². The van der Waals surface area contributed by atoms with Gasteiger partial charge >= 0.3 is 17.9 Å². The minimum atomic E-state index is -0.873. The molecular weight excluding hydrogens is 703 g/mol. The number of hydrogen-bond acceptors (Lipinski definition) is 6. The number of nitrogens with zero attached hydrogens (tertiary/aromatic N) is 1. The average molecular weight is 795 g/mol. The Balaban J connectivity index is 4.28. The van der Waals surface area contributed by atoms with Gasteiger partial charge in [-0.1, -0.05) is 180 Å². The second kappa shape index (κ2) is 39.9. The SMILES string of the molecule is CCCCCCCCC/C=C/CCCCCC(=O)OCC(COCCC(C(=O)O)[N+](C)(C)C)OC(=O)CCCCCCCCCCCCCCCCCCCC. The lowest BCUT2D eigenvalue weighted by molar-refractivity contribution is -0.887. The molecule has 0 aromatic rings. The summed E-state index contributed by atoms with van der Waals surface area (Å²) in [5.41, 5.74) is 0. The van der Waals surface area contributed by atoms with Crippen LogP contribution in [0.15, 0.2) is 12.2 Å². The predicted molar refractivity (Wildman–Crippen MR) is 234 cm³/mol. The summed E-state index contributed by atoms with van der Waals surface area (Å²) in [7, 11) is 5.53. The Hall–Kier alpha value is -1.93. The fourth-order valence-electron chi connectivity index (χ4n) is 7.21. The van der Waals surface area contributed by atoms with Gasteiger partial charge in [-0.05, 0) is 38.5 Å². The van der Waals surface area contributed by atoms with Gasteiger partial charge in [-0.25, -0.2) is 4.79 Å². The van der Waals surface area contributed by atoms with Crippen molar-refractivity contribution in [2.75, 3.05) is 41.0 Å². The van der Waals surface area contributed by atoms with Gasteiger partial charge in [-0.15, -0.1) is 0 Å². The lowest BCUT2D eigenvalue weighted by atomic mass is 10.0. The molecule has 0 aromatic heterocycles. The largest absolute Gasteiger partial charge is 0.477 e. The summed E-state index contributed by atoms with van der Waals surface area (Å²) in [5, 5.41) is 9.63. The Bertz CT molecular complexity index is 931. The first-order valence-electron chi connectivity index (χ1n) is 23.7. The van der Waals surface area contributed by atoms with Crippen molar-refractivity contribution in [1.82, 2.24) is 0 Å². The molecule has 0 aliphatic carbocycles. The molecule has 330 valence electrons. The number of likely N-dealkylation sites (N-methyl/N-ethyl adjacent to an activating group) is 1. The highest BCUT2D eigenvalue weighted by molar-refractivity contribution is 5.72. The van der Waals surface area contributed by atoms with Crippen molar-refractivity contribution >= 4 is 17.9 Å². The monoisotopic (exact) mass is 795 g/mol. The average Bonchev–Trinajstić information content (AvgIpc) is 3.15. The maximum Gasteiger partial charge on any atom is 0.362 e. The molecule has 0 spiro atoms. The molecule has 0 fully saturated rings. The number of carbonyl (C=O) groups is 3. The summed E-state index contributed by atoms with van der Waals surface area (Å²) in [6, 6.07) is -0.612. The highest BCUT2D eigenvalue weighted by atomic mass is 16.6. The van der Waals surface area contributed by atoms with Crippen molar-refractivity contribution in [3.8, 4) is 0 Å². The van der Waals surface area contributed by atoms with E-state index in [1.165, 1.54) is 141 Å². The molecule has 0 heterocycles. The first-order valence-corrected chi connectivity index (χ1v) is 23.7. The fraction of sp³-hybridized carbons (Fsp3) is 0.896. The number of hydrogen-bond donors (Lipinski definition) is 1. The minimum absolute atomic E-state index is 0.0528. The highest BCUT2D eigenvalue weighted by Gasteiger charge is 2.31. The molecule has 0 saturated carbocycles. The van der Waals surface area contributed by atoms with Gasteiger partial charge in [0.05, 0.1) is 34.4 Å². The summed E-state index contributed by atoms with van der Waals surface area (Å²) in [6.07, 6.45) is 42.5. The molecule has 1 N–H and O–H groups in total. The van der Waals surface area contributed by atoms with Gasteiger partial charge in [0.2, 0.25) is 0 Å². The second-order valence-electron chi connectivity index (χ2n) is 17.4. The zero-order valence-corrected chi connectivity index (χ0v) is 37.6. The van der Waals surface area contributed by atoms with Gasteiger partial charge in [0, 0.05) is 19.3 Å². The quantitative estimate of drug-likeness (QED) is 0.0284. The number of carboxylic acids is 1. The van der Waals surface area contributed by atoms with Crippen LogP contribution < -0.4 is 0 Å². The first kappa shape index (κ1) is 54.1. The van der Waals surface area contributed by atoms with Crippen LogP contribution in [0.4, 0.5) is 0 Å². The van der Waals surface area contributed by atoms with Crippen LogP contribution in [-0.4, -0.2) is 80.6 Å².